The molecule has 1 N–H and O–H groups in total. The number of carbonyl (C=O) groups excluding carboxylic acids is 2. The summed E-state index contributed by atoms with van der Waals surface area (Å²) in [5.74, 6) is -0.548. The minimum Gasteiger partial charge on any atom is -0.483 e. The van der Waals surface area contributed by atoms with Crippen LogP contribution in [0, 0.1) is 10.1 Å². The van der Waals surface area contributed by atoms with Crippen molar-refractivity contribution in [3.05, 3.63) is 86.8 Å². The molecule has 0 aliphatic heterocycles. The largest absolute Gasteiger partial charge is 0.483 e. The van der Waals surface area contributed by atoms with Crippen molar-refractivity contribution < 1.29 is 28.4 Å². The molecule has 0 aliphatic carbocycles. The summed E-state index contributed by atoms with van der Waals surface area (Å²) in [6.45, 7) is -0.353. The Kier molecular flexibility index (Phi) is 7.12. The Morgan fingerprint density at radius 1 is 1.19 bits per heavy atom. The quantitative estimate of drug-likeness (QED) is 0.168. The Morgan fingerprint density at radius 3 is 2.74 bits per heavy atom. The highest BCUT2D eigenvalue weighted by molar-refractivity contribution is 9.10. The van der Waals surface area contributed by atoms with Gasteiger partial charge in [0.1, 0.15) is 11.5 Å². The predicted octanol–water partition coefficient (Wildman–Crippen LogP) is 3.70. The van der Waals surface area contributed by atoms with Crippen LogP contribution < -0.4 is 14.9 Å². The van der Waals surface area contributed by atoms with Crippen molar-refractivity contribution in [3.8, 4) is 11.5 Å². The number of hydrazone groups is 1. The highest BCUT2D eigenvalue weighted by Gasteiger charge is 2.12. The number of halogens is 1. The molecule has 3 aromatic rings. The summed E-state index contributed by atoms with van der Waals surface area (Å²) in [5, 5.41) is 14.5. The van der Waals surface area contributed by atoms with Crippen LogP contribution in [0.3, 0.4) is 0 Å². The van der Waals surface area contributed by atoms with Crippen LogP contribution >= 0.6 is 15.9 Å². The Bertz CT molecular complexity index is 1130. The van der Waals surface area contributed by atoms with E-state index in [0.717, 1.165) is 0 Å². The van der Waals surface area contributed by atoms with Crippen LogP contribution in [0.25, 0.3) is 0 Å². The van der Waals surface area contributed by atoms with Gasteiger partial charge in [0.25, 0.3) is 11.6 Å². The van der Waals surface area contributed by atoms with Crippen molar-refractivity contribution in [2.24, 2.45) is 5.10 Å². The first-order valence-corrected chi connectivity index (χ1v) is 9.46. The number of nitrogens with one attached hydrogen (secondary N) is 1. The van der Waals surface area contributed by atoms with Gasteiger partial charge in [-0.3, -0.25) is 14.9 Å². The standard InChI is InChI=1S/C20H14BrN3O7/c21-16-10-14(24(27)28)6-7-17(16)30-12-19(25)23-22-11-13-3-1-4-15(9-13)31-20(26)18-5-2-8-29-18/h1-11H,12H2,(H,23,25)/b22-11+. The summed E-state index contributed by atoms with van der Waals surface area (Å²) >= 11 is 3.15. The normalized spacial score (nSPS) is 10.6. The third kappa shape index (κ3) is 6.24. The van der Waals surface area contributed by atoms with E-state index in [1.165, 1.54) is 36.7 Å². The molecule has 1 aromatic heterocycles. The molecule has 31 heavy (non-hydrogen) atoms. The van der Waals surface area contributed by atoms with Gasteiger partial charge in [0.15, 0.2) is 6.61 Å². The van der Waals surface area contributed by atoms with Crippen LogP contribution in [0.15, 0.2) is 74.9 Å². The maximum atomic E-state index is 11.9. The number of nitrogens with zero attached hydrogens (tertiary/aromatic N) is 2. The SMILES string of the molecule is O=C(COc1ccc([N+](=O)[O-])cc1Br)N/N=C/c1cccc(OC(=O)c2ccco2)c1. The van der Waals surface area contributed by atoms with E-state index in [4.69, 9.17) is 13.9 Å². The number of rotatable bonds is 8. The fourth-order valence-corrected chi connectivity index (χ4v) is 2.77. The number of nitro benzene ring substituents is 1. The number of hydrogen-bond donors (Lipinski definition) is 1. The molecule has 0 radical (unpaired) electrons. The predicted molar refractivity (Wildman–Crippen MR) is 112 cm³/mol. The molecule has 1 amide bonds. The lowest BCUT2D eigenvalue weighted by atomic mass is 10.2. The number of carbonyl (C=O) groups is 2. The smallest absolute Gasteiger partial charge is 0.379 e. The first-order chi connectivity index (χ1) is 14.9. The molecule has 3 rings (SSSR count). The number of hydrogen-bond acceptors (Lipinski definition) is 8. The second kappa shape index (κ2) is 10.2. The molecule has 158 valence electrons. The van der Waals surface area contributed by atoms with E-state index in [1.807, 2.05) is 0 Å². The molecule has 2 aromatic carbocycles. The zero-order valence-corrected chi connectivity index (χ0v) is 17.3. The summed E-state index contributed by atoms with van der Waals surface area (Å²) in [6, 6.07) is 13.5. The lowest BCUT2D eigenvalue weighted by Crippen LogP contribution is -2.24. The summed E-state index contributed by atoms with van der Waals surface area (Å²) in [6.07, 6.45) is 2.73. The molecule has 10 nitrogen and oxygen atoms in total. The van der Waals surface area contributed by atoms with Crippen LogP contribution in [0.2, 0.25) is 0 Å². The third-order valence-electron chi connectivity index (χ3n) is 3.68. The van der Waals surface area contributed by atoms with Crippen LogP contribution in [0.1, 0.15) is 16.1 Å². The number of furan rings is 1. The van der Waals surface area contributed by atoms with Crippen LogP contribution in [0.4, 0.5) is 5.69 Å². The summed E-state index contributed by atoms with van der Waals surface area (Å²) < 4.78 is 15.8. The van der Waals surface area contributed by atoms with Crippen molar-refractivity contribution >= 4 is 39.7 Å². The van der Waals surface area contributed by atoms with Gasteiger partial charge in [-0.15, -0.1) is 0 Å². The Labute approximate surface area is 183 Å². The second-order valence-electron chi connectivity index (χ2n) is 5.89. The lowest BCUT2D eigenvalue weighted by Gasteiger charge is -2.07. The van der Waals surface area contributed by atoms with Crippen molar-refractivity contribution in [3.63, 3.8) is 0 Å². The van der Waals surface area contributed by atoms with Crippen molar-refractivity contribution in [2.75, 3.05) is 6.61 Å². The van der Waals surface area contributed by atoms with E-state index >= 15 is 0 Å². The van der Waals surface area contributed by atoms with Crippen molar-refractivity contribution in [1.82, 2.24) is 5.43 Å². The number of non-ortho nitro benzene ring substituents is 1. The van der Waals surface area contributed by atoms with E-state index < -0.39 is 16.8 Å². The van der Waals surface area contributed by atoms with E-state index in [-0.39, 0.29) is 29.6 Å². The molecule has 0 saturated heterocycles. The number of benzene rings is 2. The van der Waals surface area contributed by atoms with E-state index in [0.29, 0.717) is 10.0 Å². The first kappa shape index (κ1) is 21.7. The van der Waals surface area contributed by atoms with Crippen molar-refractivity contribution in [1.29, 1.82) is 0 Å². The minimum atomic E-state index is -0.637. The molecule has 0 aliphatic rings. The van der Waals surface area contributed by atoms with Crippen LogP contribution in [0.5, 0.6) is 11.5 Å². The van der Waals surface area contributed by atoms with Gasteiger partial charge < -0.3 is 13.9 Å². The van der Waals surface area contributed by atoms with E-state index in [1.54, 1.807) is 30.3 Å². The third-order valence-corrected chi connectivity index (χ3v) is 4.30. The molecule has 0 unspecified atom stereocenters. The van der Waals surface area contributed by atoms with E-state index in [9.17, 15) is 19.7 Å². The monoisotopic (exact) mass is 487 g/mol. The number of nitro groups is 1. The molecule has 0 fully saturated rings. The van der Waals surface area contributed by atoms with Crippen LogP contribution in [-0.2, 0) is 4.79 Å². The summed E-state index contributed by atoms with van der Waals surface area (Å²) in [4.78, 5) is 34.0. The summed E-state index contributed by atoms with van der Waals surface area (Å²) in [5.41, 5.74) is 2.76. The van der Waals surface area contributed by atoms with Gasteiger partial charge in [0, 0.05) is 12.1 Å². The molecule has 0 atom stereocenters. The van der Waals surface area contributed by atoms with Gasteiger partial charge in [0.2, 0.25) is 5.76 Å². The van der Waals surface area contributed by atoms with Gasteiger partial charge in [0.05, 0.1) is 21.9 Å². The maximum absolute atomic E-state index is 11.9. The van der Waals surface area contributed by atoms with Gasteiger partial charge in [-0.05, 0) is 51.8 Å². The average Bonchev–Trinajstić information content (AvgIpc) is 3.28. The molecule has 11 heteroatoms. The maximum Gasteiger partial charge on any atom is 0.379 e. The fourth-order valence-electron chi connectivity index (χ4n) is 2.29. The molecular weight excluding hydrogens is 474 g/mol. The Hall–Kier alpha value is -3.99. The van der Waals surface area contributed by atoms with Crippen LogP contribution in [-0.4, -0.2) is 29.6 Å². The highest BCUT2D eigenvalue weighted by atomic mass is 79.9. The molecule has 0 bridgehead atoms. The Morgan fingerprint density at radius 2 is 2.03 bits per heavy atom. The zero-order valence-electron chi connectivity index (χ0n) is 15.7. The molecule has 1 heterocycles. The summed E-state index contributed by atoms with van der Waals surface area (Å²) in [7, 11) is 0. The Balaban J connectivity index is 1.50. The highest BCUT2D eigenvalue weighted by Crippen LogP contribution is 2.28. The van der Waals surface area contributed by atoms with Gasteiger partial charge in [-0.2, -0.15) is 5.10 Å². The average molecular weight is 488 g/mol. The number of amides is 1. The topological polar surface area (TPSA) is 133 Å². The zero-order chi connectivity index (χ0) is 22.2. The first-order valence-electron chi connectivity index (χ1n) is 8.67. The second-order valence-corrected chi connectivity index (χ2v) is 6.75. The number of ether oxygens (including phenoxy) is 2. The lowest BCUT2D eigenvalue weighted by molar-refractivity contribution is -0.384. The number of esters is 1. The molecule has 0 spiro atoms. The minimum absolute atomic E-state index is 0.0750. The van der Waals surface area contributed by atoms with Gasteiger partial charge in [-0.25, -0.2) is 10.2 Å². The van der Waals surface area contributed by atoms with Gasteiger partial charge >= 0.3 is 5.97 Å². The fraction of sp³-hybridized carbons (Fsp3) is 0.0500. The van der Waals surface area contributed by atoms with Crippen molar-refractivity contribution in [2.45, 2.75) is 0 Å². The molecule has 0 saturated carbocycles. The van der Waals surface area contributed by atoms with E-state index in [2.05, 4.69) is 26.5 Å². The molecular formula is C20H14BrN3O7. The van der Waals surface area contributed by atoms with Gasteiger partial charge in [-0.1, -0.05) is 12.1 Å².